The number of amides is 1. The van der Waals surface area contributed by atoms with Gasteiger partial charge in [0, 0.05) is 16.7 Å². The molecule has 0 bridgehead atoms. The van der Waals surface area contributed by atoms with Crippen molar-refractivity contribution < 1.29 is 18.7 Å². The van der Waals surface area contributed by atoms with E-state index in [9.17, 15) is 9.59 Å². The van der Waals surface area contributed by atoms with Gasteiger partial charge < -0.3 is 14.5 Å². The smallest absolute Gasteiger partial charge is 0.276 e. The van der Waals surface area contributed by atoms with Gasteiger partial charge in [0.1, 0.15) is 11.3 Å². The first-order valence-corrected chi connectivity index (χ1v) is 13.5. The molecular formula is C29H21Cl2N3O4S. The van der Waals surface area contributed by atoms with Crippen molar-refractivity contribution in [1.82, 2.24) is 9.97 Å². The molecule has 0 spiro atoms. The number of hydrogen-bond donors (Lipinski definition) is 1. The third kappa shape index (κ3) is 5.78. The summed E-state index contributed by atoms with van der Waals surface area (Å²) in [5.41, 5.74) is 3.14. The minimum Gasteiger partial charge on any atom is -0.495 e. The van der Waals surface area contributed by atoms with Crippen LogP contribution in [0.25, 0.3) is 11.0 Å². The van der Waals surface area contributed by atoms with Gasteiger partial charge in [-0.25, -0.2) is 9.97 Å². The molecule has 7 nitrogen and oxygen atoms in total. The standard InChI is InChI=1S/C29H21Cl2N3O4S/c1-16-6-5-7-17(12-16)15-39-29-32-14-21(31)25(34-29)28(36)33-24-19-8-3-4-9-22(19)38-27(24)26(35)18-10-11-23(37-2)20(30)13-18/h3-14H,15H2,1-2H3,(H,33,36). The lowest BCUT2D eigenvalue weighted by Gasteiger charge is -2.09. The summed E-state index contributed by atoms with van der Waals surface area (Å²) >= 11 is 13.9. The molecule has 0 radical (unpaired) electrons. The second-order valence-electron chi connectivity index (χ2n) is 8.56. The van der Waals surface area contributed by atoms with Gasteiger partial charge in [0.15, 0.2) is 16.6 Å². The second kappa shape index (κ2) is 11.5. The first-order valence-electron chi connectivity index (χ1n) is 11.8. The molecule has 5 aromatic rings. The van der Waals surface area contributed by atoms with E-state index in [1.165, 1.54) is 31.1 Å². The molecule has 0 aliphatic heterocycles. The quantitative estimate of drug-likeness (QED) is 0.115. The highest BCUT2D eigenvalue weighted by molar-refractivity contribution is 7.98. The van der Waals surface area contributed by atoms with Crippen LogP contribution < -0.4 is 10.1 Å². The topological polar surface area (TPSA) is 94.3 Å². The predicted molar refractivity (Wildman–Crippen MR) is 153 cm³/mol. The highest BCUT2D eigenvalue weighted by Gasteiger charge is 2.26. The Balaban J connectivity index is 1.45. The van der Waals surface area contributed by atoms with Crippen molar-refractivity contribution in [3.05, 3.63) is 111 Å². The van der Waals surface area contributed by atoms with Crippen molar-refractivity contribution in [2.24, 2.45) is 0 Å². The van der Waals surface area contributed by atoms with E-state index in [1.54, 1.807) is 36.4 Å². The Hall–Kier alpha value is -3.85. The molecule has 1 amide bonds. The molecular weight excluding hydrogens is 557 g/mol. The third-order valence-corrected chi connectivity index (χ3v) is 7.35. The first-order chi connectivity index (χ1) is 18.8. The number of carbonyl (C=O) groups is 2. The number of aromatic nitrogens is 2. The van der Waals surface area contributed by atoms with E-state index in [0.29, 0.717) is 27.6 Å². The van der Waals surface area contributed by atoms with Gasteiger partial charge in [-0.2, -0.15) is 0 Å². The van der Waals surface area contributed by atoms with Crippen LogP contribution in [0.2, 0.25) is 10.0 Å². The van der Waals surface area contributed by atoms with Gasteiger partial charge in [0.05, 0.1) is 29.0 Å². The lowest BCUT2D eigenvalue weighted by molar-refractivity contribution is 0.101. The number of ether oxygens (including phenoxy) is 1. The van der Waals surface area contributed by atoms with E-state index in [-0.39, 0.29) is 32.8 Å². The van der Waals surface area contributed by atoms with Crippen LogP contribution in [0.3, 0.4) is 0 Å². The molecule has 0 saturated carbocycles. The average molecular weight is 578 g/mol. The summed E-state index contributed by atoms with van der Waals surface area (Å²) in [7, 11) is 1.49. The van der Waals surface area contributed by atoms with E-state index in [4.69, 9.17) is 32.4 Å². The van der Waals surface area contributed by atoms with Crippen LogP contribution in [0.4, 0.5) is 5.69 Å². The molecule has 0 aliphatic carbocycles. The van der Waals surface area contributed by atoms with Crippen molar-refractivity contribution in [2.45, 2.75) is 17.8 Å². The summed E-state index contributed by atoms with van der Waals surface area (Å²) in [6.07, 6.45) is 1.39. The fourth-order valence-corrected chi connectivity index (χ4v) is 5.16. The zero-order chi connectivity index (χ0) is 27.5. The Morgan fingerprint density at radius 2 is 1.85 bits per heavy atom. The van der Waals surface area contributed by atoms with Crippen LogP contribution in [0.15, 0.2) is 82.5 Å². The number of anilines is 1. The minimum absolute atomic E-state index is 0.0189. The van der Waals surface area contributed by atoms with Crippen LogP contribution in [-0.2, 0) is 5.75 Å². The third-order valence-electron chi connectivity index (χ3n) is 5.84. The largest absolute Gasteiger partial charge is 0.495 e. The number of hydrogen-bond acceptors (Lipinski definition) is 7. The Kier molecular flexibility index (Phi) is 7.88. The van der Waals surface area contributed by atoms with Crippen molar-refractivity contribution in [3.8, 4) is 5.75 Å². The van der Waals surface area contributed by atoms with Gasteiger partial charge in [0.25, 0.3) is 5.91 Å². The molecule has 1 N–H and O–H groups in total. The lowest BCUT2D eigenvalue weighted by Crippen LogP contribution is -2.17. The number of furan rings is 1. The van der Waals surface area contributed by atoms with Crippen molar-refractivity contribution >= 4 is 63.3 Å². The zero-order valence-electron chi connectivity index (χ0n) is 20.8. The van der Waals surface area contributed by atoms with Crippen molar-refractivity contribution in [1.29, 1.82) is 0 Å². The molecule has 10 heteroatoms. The Labute approximate surface area is 238 Å². The molecule has 0 aliphatic rings. The summed E-state index contributed by atoms with van der Waals surface area (Å²) in [5.74, 6) is -0.0620. The minimum atomic E-state index is -0.604. The monoisotopic (exact) mass is 577 g/mol. The first kappa shape index (κ1) is 26.7. The van der Waals surface area contributed by atoms with Crippen molar-refractivity contribution in [3.63, 3.8) is 0 Å². The molecule has 196 valence electrons. The Morgan fingerprint density at radius 3 is 2.62 bits per heavy atom. The Bertz CT molecular complexity index is 1720. The maximum Gasteiger partial charge on any atom is 0.276 e. The van der Waals surface area contributed by atoms with Gasteiger partial charge in [0.2, 0.25) is 5.78 Å². The van der Waals surface area contributed by atoms with Crippen LogP contribution in [0, 0.1) is 6.92 Å². The summed E-state index contributed by atoms with van der Waals surface area (Å²) < 4.78 is 11.1. The molecule has 5 rings (SSSR count). The van der Waals surface area contributed by atoms with E-state index in [0.717, 1.165) is 11.1 Å². The molecule has 2 heterocycles. The van der Waals surface area contributed by atoms with Crippen molar-refractivity contribution in [2.75, 3.05) is 12.4 Å². The fourth-order valence-electron chi connectivity index (χ4n) is 3.97. The molecule has 0 unspecified atom stereocenters. The molecule has 0 atom stereocenters. The van der Waals surface area contributed by atoms with Gasteiger partial charge in [-0.1, -0.05) is 76.9 Å². The SMILES string of the molecule is COc1ccc(C(=O)c2oc3ccccc3c2NC(=O)c2nc(SCc3cccc(C)c3)ncc2Cl)cc1Cl. The number of benzene rings is 3. The summed E-state index contributed by atoms with van der Waals surface area (Å²) in [6, 6.07) is 19.8. The number of rotatable bonds is 8. The second-order valence-corrected chi connectivity index (χ2v) is 10.3. The van der Waals surface area contributed by atoms with Crippen LogP contribution in [0.1, 0.15) is 37.7 Å². The summed E-state index contributed by atoms with van der Waals surface area (Å²) in [4.78, 5) is 35.5. The number of para-hydroxylation sites is 1. The van der Waals surface area contributed by atoms with Gasteiger partial charge in [-0.3, -0.25) is 9.59 Å². The molecule has 0 fully saturated rings. The number of thioether (sulfide) groups is 1. The number of methoxy groups -OCH3 is 1. The maximum absolute atomic E-state index is 13.5. The average Bonchev–Trinajstić information content (AvgIpc) is 3.30. The molecule has 39 heavy (non-hydrogen) atoms. The van der Waals surface area contributed by atoms with Gasteiger partial charge >= 0.3 is 0 Å². The van der Waals surface area contributed by atoms with E-state index in [1.807, 2.05) is 25.1 Å². The number of aryl methyl sites for hydroxylation is 1. The van der Waals surface area contributed by atoms with Crippen LogP contribution in [0.5, 0.6) is 5.75 Å². The maximum atomic E-state index is 13.5. The van der Waals surface area contributed by atoms with E-state index < -0.39 is 11.7 Å². The van der Waals surface area contributed by atoms with Crippen LogP contribution in [-0.4, -0.2) is 28.8 Å². The molecule has 3 aromatic carbocycles. The number of nitrogens with one attached hydrogen (secondary N) is 1. The molecule has 2 aromatic heterocycles. The predicted octanol–water partition coefficient (Wildman–Crippen LogP) is 7.62. The highest BCUT2D eigenvalue weighted by atomic mass is 35.5. The van der Waals surface area contributed by atoms with Crippen LogP contribution >= 0.6 is 35.0 Å². The lowest BCUT2D eigenvalue weighted by atomic mass is 10.1. The molecule has 0 saturated heterocycles. The normalized spacial score (nSPS) is 11.0. The highest BCUT2D eigenvalue weighted by Crippen LogP contribution is 2.34. The van der Waals surface area contributed by atoms with Gasteiger partial charge in [-0.15, -0.1) is 0 Å². The number of ketones is 1. The number of nitrogens with zero attached hydrogens (tertiary/aromatic N) is 2. The van der Waals surface area contributed by atoms with Gasteiger partial charge in [-0.05, 0) is 42.8 Å². The number of fused-ring (bicyclic) bond motifs is 1. The fraction of sp³-hybridized carbons (Fsp3) is 0.103. The van der Waals surface area contributed by atoms with E-state index in [2.05, 4.69) is 21.4 Å². The Morgan fingerprint density at radius 1 is 1.03 bits per heavy atom. The number of carbonyl (C=O) groups excluding carboxylic acids is 2. The summed E-state index contributed by atoms with van der Waals surface area (Å²) in [5, 5.41) is 4.09. The summed E-state index contributed by atoms with van der Waals surface area (Å²) in [6.45, 7) is 2.03. The van der Waals surface area contributed by atoms with E-state index >= 15 is 0 Å². The zero-order valence-corrected chi connectivity index (χ0v) is 23.2. The number of halogens is 2.